The maximum absolute atomic E-state index is 12.6. The molecule has 6 nitrogen and oxygen atoms in total. The topological polar surface area (TPSA) is 75.1 Å². The van der Waals surface area contributed by atoms with Crippen LogP contribution in [0.15, 0.2) is 40.0 Å². The van der Waals surface area contributed by atoms with Crippen molar-refractivity contribution in [3.05, 3.63) is 46.2 Å². The quantitative estimate of drug-likeness (QED) is 0.401. The molecule has 2 aromatic rings. The van der Waals surface area contributed by atoms with Crippen molar-refractivity contribution in [1.29, 1.82) is 0 Å². The molecule has 29 heavy (non-hydrogen) atoms. The minimum atomic E-state index is -2.92. The molecule has 1 heterocycles. The number of ether oxygens (including phenoxy) is 2. The van der Waals surface area contributed by atoms with Gasteiger partial charge in [0.15, 0.2) is 17.5 Å². The number of hydrogen-bond acceptors (Lipinski definition) is 5. The molecule has 1 atom stereocenters. The number of alkyl halides is 2. The van der Waals surface area contributed by atoms with E-state index in [9.17, 15) is 13.9 Å². The lowest BCUT2D eigenvalue weighted by Crippen LogP contribution is -2.39. The van der Waals surface area contributed by atoms with Gasteiger partial charge in [-0.1, -0.05) is 6.07 Å². The van der Waals surface area contributed by atoms with E-state index in [0.29, 0.717) is 25.5 Å². The molecule has 0 bridgehead atoms. The number of rotatable bonds is 10. The van der Waals surface area contributed by atoms with E-state index < -0.39 is 12.2 Å². The molecule has 0 radical (unpaired) electrons. The van der Waals surface area contributed by atoms with Crippen molar-refractivity contribution in [3.63, 3.8) is 0 Å². The van der Waals surface area contributed by atoms with E-state index in [4.69, 9.17) is 4.74 Å². The number of thiophene rings is 1. The van der Waals surface area contributed by atoms with Crippen molar-refractivity contribution in [2.45, 2.75) is 32.5 Å². The maximum Gasteiger partial charge on any atom is 0.387 e. The van der Waals surface area contributed by atoms with Gasteiger partial charge in [-0.25, -0.2) is 4.99 Å². The number of nitrogens with one attached hydrogen (secondary N) is 2. The Labute approximate surface area is 173 Å². The molecule has 9 heteroatoms. The molecule has 0 aliphatic rings. The maximum atomic E-state index is 12.6. The fraction of sp³-hybridized carbons (Fsp3) is 0.450. The van der Waals surface area contributed by atoms with Gasteiger partial charge in [0, 0.05) is 13.1 Å². The van der Waals surface area contributed by atoms with Gasteiger partial charge in [0.05, 0.1) is 13.7 Å². The normalized spacial score (nSPS) is 13.8. The Balaban J connectivity index is 1.97. The Bertz CT molecular complexity index is 783. The van der Waals surface area contributed by atoms with E-state index in [-0.39, 0.29) is 18.0 Å². The molecule has 0 saturated carbocycles. The fourth-order valence-corrected chi connectivity index (χ4v) is 3.41. The Kier molecular flexibility index (Phi) is 8.66. The average molecular weight is 428 g/mol. The van der Waals surface area contributed by atoms with Crippen molar-refractivity contribution in [3.8, 4) is 11.5 Å². The Morgan fingerprint density at radius 3 is 2.69 bits per heavy atom. The minimum Gasteiger partial charge on any atom is -0.493 e. The summed E-state index contributed by atoms with van der Waals surface area (Å²) in [7, 11) is 1.40. The van der Waals surface area contributed by atoms with Gasteiger partial charge in [-0.3, -0.25) is 0 Å². The lowest BCUT2D eigenvalue weighted by atomic mass is 10.00. The first-order valence-electron chi connectivity index (χ1n) is 9.24. The standard InChI is InChI=1S/C20H27F2N3O3S/c1-4-23-19(25-13-20(2,26)15-8-10-29-12-15)24-9-7-14-5-6-16(27-3)17(11-14)28-18(21)22/h5-6,8,10-12,18,26H,4,7,9,13H2,1-3H3,(H2,23,24,25). The predicted octanol–water partition coefficient (Wildman–Crippen LogP) is 3.36. The summed E-state index contributed by atoms with van der Waals surface area (Å²) >= 11 is 1.52. The second-order valence-electron chi connectivity index (χ2n) is 6.52. The molecule has 2 rings (SSSR count). The van der Waals surface area contributed by atoms with Crippen LogP contribution in [0.3, 0.4) is 0 Å². The van der Waals surface area contributed by atoms with Crippen molar-refractivity contribution in [2.75, 3.05) is 26.7 Å². The van der Waals surface area contributed by atoms with Crippen LogP contribution in [-0.4, -0.2) is 44.4 Å². The van der Waals surface area contributed by atoms with E-state index >= 15 is 0 Å². The van der Waals surface area contributed by atoms with E-state index in [1.54, 1.807) is 19.1 Å². The number of guanidine groups is 1. The van der Waals surface area contributed by atoms with E-state index in [1.165, 1.54) is 24.5 Å². The molecule has 3 N–H and O–H groups in total. The summed E-state index contributed by atoms with van der Waals surface area (Å²) in [5.41, 5.74) is 0.585. The Morgan fingerprint density at radius 2 is 2.07 bits per heavy atom. The molecule has 0 aliphatic heterocycles. The summed E-state index contributed by atoms with van der Waals surface area (Å²) in [6.45, 7) is 2.15. The van der Waals surface area contributed by atoms with Gasteiger partial charge in [-0.2, -0.15) is 20.1 Å². The zero-order chi connectivity index (χ0) is 21.3. The monoisotopic (exact) mass is 427 g/mol. The first-order chi connectivity index (χ1) is 13.9. The number of methoxy groups -OCH3 is 1. The van der Waals surface area contributed by atoms with Crippen LogP contribution in [-0.2, 0) is 12.0 Å². The van der Waals surface area contributed by atoms with Crippen LogP contribution in [0.2, 0.25) is 0 Å². The third-order valence-corrected chi connectivity index (χ3v) is 4.87. The molecule has 1 unspecified atom stereocenters. The molecular formula is C20H27F2N3O3S. The van der Waals surface area contributed by atoms with Crippen molar-refractivity contribution in [1.82, 2.24) is 10.6 Å². The predicted molar refractivity (Wildman–Crippen MR) is 111 cm³/mol. The largest absolute Gasteiger partial charge is 0.493 e. The highest BCUT2D eigenvalue weighted by Crippen LogP contribution is 2.29. The Hall–Kier alpha value is -2.39. The highest BCUT2D eigenvalue weighted by Gasteiger charge is 2.23. The number of aliphatic imine (C=N–C) groups is 1. The lowest BCUT2D eigenvalue weighted by Gasteiger charge is -2.21. The molecule has 0 aliphatic carbocycles. The van der Waals surface area contributed by atoms with Crippen LogP contribution < -0.4 is 20.1 Å². The SMILES string of the molecule is CCNC(=NCC(C)(O)c1ccsc1)NCCc1ccc(OC)c(OC(F)F)c1. The van der Waals surface area contributed by atoms with Gasteiger partial charge in [-0.15, -0.1) is 0 Å². The summed E-state index contributed by atoms with van der Waals surface area (Å²) in [5, 5.41) is 20.7. The zero-order valence-electron chi connectivity index (χ0n) is 16.7. The number of nitrogens with zero attached hydrogens (tertiary/aromatic N) is 1. The first kappa shape index (κ1) is 22.9. The van der Waals surface area contributed by atoms with Crippen molar-refractivity contribution >= 4 is 17.3 Å². The highest BCUT2D eigenvalue weighted by molar-refractivity contribution is 7.08. The zero-order valence-corrected chi connectivity index (χ0v) is 17.6. The second kappa shape index (κ2) is 11.0. The van der Waals surface area contributed by atoms with Crippen LogP contribution in [0.4, 0.5) is 8.78 Å². The van der Waals surface area contributed by atoms with Gasteiger partial charge in [-0.05, 0) is 60.4 Å². The highest BCUT2D eigenvalue weighted by atomic mass is 32.1. The molecule has 0 saturated heterocycles. The number of hydrogen-bond donors (Lipinski definition) is 3. The summed E-state index contributed by atoms with van der Waals surface area (Å²) in [6.07, 6.45) is 0.564. The lowest BCUT2D eigenvalue weighted by molar-refractivity contribution is -0.0512. The second-order valence-corrected chi connectivity index (χ2v) is 7.30. The van der Waals surface area contributed by atoms with Crippen molar-refractivity contribution in [2.24, 2.45) is 4.99 Å². The third-order valence-electron chi connectivity index (χ3n) is 4.18. The van der Waals surface area contributed by atoms with E-state index in [0.717, 1.165) is 11.1 Å². The summed E-state index contributed by atoms with van der Waals surface area (Å²) in [5.74, 6) is 0.834. The molecule has 1 aromatic heterocycles. The van der Waals surface area contributed by atoms with Crippen LogP contribution >= 0.6 is 11.3 Å². The molecule has 160 valence electrons. The van der Waals surface area contributed by atoms with Gasteiger partial charge in [0.2, 0.25) is 0 Å². The summed E-state index contributed by atoms with van der Waals surface area (Å²) in [4.78, 5) is 4.46. The first-order valence-corrected chi connectivity index (χ1v) is 10.2. The number of halogens is 2. The average Bonchev–Trinajstić information content (AvgIpc) is 3.22. The molecule has 1 aromatic carbocycles. The minimum absolute atomic E-state index is 0.00684. The van der Waals surface area contributed by atoms with Crippen LogP contribution in [0.25, 0.3) is 0 Å². The van der Waals surface area contributed by atoms with Gasteiger partial charge >= 0.3 is 6.61 Å². The smallest absolute Gasteiger partial charge is 0.387 e. The summed E-state index contributed by atoms with van der Waals surface area (Å²) in [6, 6.07) is 6.82. The van der Waals surface area contributed by atoms with E-state index in [1.807, 2.05) is 23.8 Å². The fourth-order valence-electron chi connectivity index (χ4n) is 2.63. The third kappa shape index (κ3) is 7.17. The van der Waals surface area contributed by atoms with Crippen LogP contribution in [0, 0.1) is 0 Å². The molecule has 0 amide bonds. The Morgan fingerprint density at radius 1 is 1.28 bits per heavy atom. The van der Waals surface area contributed by atoms with Crippen molar-refractivity contribution < 1.29 is 23.4 Å². The molecule has 0 fully saturated rings. The number of benzene rings is 1. The van der Waals surface area contributed by atoms with Gasteiger partial charge in [0.25, 0.3) is 0 Å². The van der Waals surface area contributed by atoms with Gasteiger partial charge < -0.3 is 25.2 Å². The summed E-state index contributed by atoms with van der Waals surface area (Å²) < 4.78 is 34.7. The number of aliphatic hydroxyl groups is 1. The van der Waals surface area contributed by atoms with Gasteiger partial charge in [0.1, 0.15) is 5.60 Å². The molecule has 0 spiro atoms. The van der Waals surface area contributed by atoms with E-state index in [2.05, 4.69) is 20.4 Å². The van der Waals surface area contributed by atoms with Crippen LogP contribution in [0.1, 0.15) is 25.0 Å². The van der Waals surface area contributed by atoms with Crippen LogP contribution in [0.5, 0.6) is 11.5 Å². The molecular weight excluding hydrogens is 400 g/mol.